The lowest BCUT2D eigenvalue weighted by atomic mass is 9.93. The van der Waals surface area contributed by atoms with Gasteiger partial charge in [0.05, 0.1) is 18.8 Å². The van der Waals surface area contributed by atoms with Gasteiger partial charge in [-0.1, -0.05) is 6.07 Å². The molecule has 3 aromatic rings. The van der Waals surface area contributed by atoms with Crippen LogP contribution in [0.1, 0.15) is 12.0 Å². The van der Waals surface area contributed by atoms with Crippen LogP contribution in [0.3, 0.4) is 0 Å². The van der Waals surface area contributed by atoms with Crippen LogP contribution in [-0.4, -0.2) is 34.1 Å². The van der Waals surface area contributed by atoms with Gasteiger partial charge in [0.25, 0.3) is 0 Å². The number of nitrogens with two attached hydrogens (primary N) is 1. The van der Waals surface area contributed by atoms with E-state index < -0.39 is 5.54 Å². The second-order valence-electron chi connectivity index (χ2n) is 6.12. The molecule has 0 bridgehead atoms. The van der Waals surface area contributed by atoms with Crippen molar-refractivity contribution in [2.75, 3.05) is 13.2 Å². The number of hydrogen-bond donors (Lipinski definition) is 4. The van der Waals surface area contributed by atoms with Crippen molar-refractivity contribution >= 4 is 31.5 Å². The molecule has 0 aliphatic rings. The van der Waals surface area contributed by atoms with Crippen LogP contribution in [0, 0.1) is 0 Å². The first kappa shape index (κ1) is 16.9. The highest BCUT2D eigenvalue weighted by molar-refractivity contribution is 7.24. The van der Waals surface area contributed by atoms with Crippen LogP contribution >= 0.6 is 11.3 Å². The van der Waals surface area contributed by atoms with Crippen LogP contribution in [-0.2, 0) is 6.42 Å². The smallest absolute Gasteiger partial charge is 0.195 e. The molecule has 0 saturated heterocycles. The monoisotopic (exact) mass is 345 g/mol. The molecule has 0 atom stereocenters. The summed E-state index contributed by atoms with van der Waals surface area (Å²) in [7, 11) is 0. The normalized spacial score (nSPS) is 12.1. The molecule has 3 rings (SSSR count). The number of benzene rings is 2. The zero-order valence-electron chi connectivity index (χ0n) is 13.0. The number of aliphatic hydroxyl groups is 2. The van der Waals surface area contributed by atoms with Crippen LogP contribution in [0.2, 0.25) is 0 Å². The maximum atomic E-state index is 12.7. The quantitative estimate of drug-likeness (QED) is 0.527. The molecule has 5 N–H and O–H groups in total. The van der Waals surface area contributed by atoms with E-state index >= 15 is 0 Å². The molecular weight excluding hydrogens is 326 g/mol. The maximum Gasteiger partial charge on any atom is 0.195 e. The van der Waals surface area contributed by atoms with Crippen LogP contribution in [0.5, 0.6) is 5.75 Å². The van der Waals surface area contributed by atoms with E-state index in [4.69, 9.17) is 5.73 Å². The van der Waals surface area contributed by atoms with Crippen LogP contribution in [0.4, 0.5) is 0 Å². The molecule has 0 saturated carbocycles. The number of phenols is 1. The largest absolute Gasteiger partial charge is 0.508 e. The number of phenolic OH excluding ortho intramolecular Hbond substituents is 1. The first-order chi connectivity index (χ1) is 11.5. The number of rotatable bonds is 5. The van der Waals surface area contributed by atoms with Gasteiger partial charge in [-0.2, -0.15) is 0 Å². The van der Waals surface area contributed by atoms with Gasteiger partial charge < -0.3 is 21.1 Å². The molecule has 0 aliphatic carbocycles. The van der Waals surface area contributed by atoms with Crippen molar-refractivity contribution in [2.24, 2.45) is 5.73 Å². The van der Waals surface area contributed by atoms with E-state index in [0.717, 1.165) is 15.0 Å². The van der Waals surface area contributed by atoms with Gasteiger partial charge in [-0.15, -0.1) is 11.3 Å². The highest BCUT2D eigenvalue weighted by Crippen LogP contribution is 2.28. The topological polar surface area (TPSA) is 104 Å². The number of fused-ring (bicyclic) bond motifs is 2. The Morgan fingerprint density at radius 3 is 2.46 bits per heavy atom. The molecule has 24 heavy (non-hydrogen) atoms. The van der Waals surface area contributed by atoms with E-state index in [0.29, 0.717) is 23.6 Å². The third-order valence-corrected chi connectivity index (χ3v) is 5.39. The number of aliphatic hydroxyl groups excluding tert-OH is 2. The fourth-order valence-electron chi connectivity index (χ4n) is 2.65. The fourth-order valence-corrected chi connectivity index (χ4v) is 3.73. The summed E-state index contributed by atoms with van der Waals surface area (Å²) in [6, 6.07) is 10.4. The van der Waals surface area contributed by atoms with Gasteiger partial charge in [-0.3, -0.25) is 4.79 Å². The molecule has 2 aromatic carbocycles. The molecule has 0 radical (unpaired) electrons. The summed E-state index contributed by atoms with van der Waals surface area (Å²) in [5.41, 5.74) is 5.74. The molecule has 0 unspecified atom stereocenters. The molecule has 1 aromatic heterocycles. The zero-order chi connectivity index (χ0) is 17.3. The molecule has 0 amide bonds. The predicted molar refractivity (Wildman–Crippen MR) is 96.7 cm³/mol. The first-order valence-electron chi connectivity index (χ1n) is 7.65. The van der Waals surface area contributed by atoms with Crippen molar-refractivity contribution in [3.05, 3.63) is 52.2 Å². The molecule has 1 heterocycles. The molecule has 0 spiro atoms. The maximum absolute atomic E-state index is 12.7. The Balaban J connectivity index is 2.02. The van der Waals surface area contributed by atoms with Crippen molar-refractivity contribution in [3.8, 4) is 5.75 Å². The lowest BCUT2D eigenvalue weighted by Gasteiger charge is -2.24. The van der Waals surface area contributed by atoms with E-state index in [9.17, 15) is 20.1 Å². The summed E-state index contributed by atoms with van der Waals surface area (Å²) in [6.07, 6.45) is 0.982. The van der Waals surface area contributed by atoms with E-state index in [-0.39, 0.29) is 24.4 Å². The Labute approximate surface area is 142 Å². The summed E-state index contributed by atoms with van der Waals surface area (Å²) in [6.45, 7) is -0.583. The van der Waals surface area contributed by atoms with E-state index in [2.05, 4.69) is 0 Å². The fraction of sp³-hybridized carbons (Fsp3) is 0.278. The van der Waals surface area contributed by atoms with Crippen molar-refractivity contribution in [1.29, 1.82) is 0 Å². The summed E-state index contributed by atoms with van der Waals surface area (Å²) in [4.78, 5) is 12.7. The molecule has 6 heteroatoms. The van der Waals surface area contributed by atoms with Crippen molar-refractivity contribution in [3.63, 3.8) is 0 Å². The van der Waals surface area contributed by atoms with E-state index in [1.54, 1.807) is 12.1 Å². The van der Waals surface area contributed by atoms with Gasteiger partial charge in [-0.05, 0) is 48.7 Å². The van der Waals surface area contributed by atoms with Crippen molar-refractivity contribution in [1.82, 2.24) is 0 Å². The summed E-state index contributed by atoms with van der Waals surface area (Å²) < 4.78 is 1.60. The Morgan fingerprint density at radius 1 is 1.00 bits per heavy atom. The van der Waals surface area contributed by atoms with E-state index in [1.165, 1.54) is 17.4 Å². The van der Waals surface area contributed by atoms with Gasteiger partial charge >= 0.3 is 0 Å². The second kappa shape index (κ2) is 6.49. The van der Waals surface area contributed by atoms with Gasteiger partial charge in [0.1, 0.15) is 5.75 Å². The summed E-state index contributed by atoms with van der Waals surface area (Å²) in [5.74, 6) is 0.140. The number of aryl methyl sites for hydroxylation is 1. The highest BCUT2D eigenvalue weighted by Gasteiger charge is 2.22. The van der Waals surface area contributed by atoms with E-state index in [1.807, 2.05) is 18.2 Å². The Morgan fingerprint density at radius 2 is 1.75 bits per heavy atom. The zero-order valence-corrected chi connectivity index (χ0v) is 13.8. The number of hydrogen-bond acceptors (Lipinski definition) is 6. The minimum atomic E-state index is -1.02. The van der Waals surface area contributed by atoms with Gasteiger partial charge in [0.15, 0.2) is 5.43 Å². The minimum absolute atomic E-state index is 0.0658. The molecule has 0 fully saturated rings. The third-order valence-electron chi connectivity index (χ3n) is 4.26. The summed E-state index contributed by atoms with van der Waals surface area (Å²) >= 11 is 1.46. The van der Waals surface area contributed by atoms with Crippen LogP contribution in [0.15, 0.2) is 41.2 Å². The standard InChI is InChI=1S/C18H19NO4S/c19-18(9-20,10-21)6-5-11-1-4-15-14(7-11)17(23)13-3-2-12(22)8-16(13)24-15/h1-4,7-8,20-22H,5-6,9-10,19H2. The Bertz CT molecular complexity index is 947. The highest BCUT2D eigenvalue weighted by atomic mass is 32.1. The van der Waals surface area contributed by atoms with Gasteiger partial charge in [-0.25, -0.2) is 0 Å². The summed E-state index contributed by atoms with van der Waals surface area (Å²) in [5, 5.41) is 29.3. The SMILES string of the molecule is NC(CO)(CO)CCc1ccc2sc3cc(O)ccc3c(=O)c2c1. The molecular formula is C18H19NO4S. The first-order valence-corrected chi connectivity index (χ1v) is 8.46. The minimum Gasteiger partial charge on any atom is -0.508 e. The average molecular weight is 345 g/mol. The predicted octanol–water partition coefficient (Wildman–Crippen LogP) is 1.73. The van der Waals surface area contributed by atoms with Gasteiger partial charge in [0, 0.05) is 20.2 Å². The Kier molecular flexibility index (Phi) is 4.56. The molecule has 126 valence electrons. The van der Waals surface area contributed by atoms with Crippen LogP contribution in [0.25, 0.3) is 20.2 Å². The van der Waals surface area contributed by atoms with Crippen molar-refractivity contribution < 1.29 is 15.3 Å². The molecule has 5 nitrogen and oxygen atoms in total. The van der Waals surface area contributed by atoms with Crippen molar-refractivity contribution in [2.45, 2.75) is 18.4 Å². The third kappa shape index (κ3) is 3.14. The molecule has 0 aliphatic heterocycles. The van der Waals surface area contributed by atoms with Crippen LogP contribution < -0.4 is 11.2 Å². The lowest BCUT2D eigenvalue weighted by molar-refractivity contribution is 0.115. The Hall–Kier alpha value is -1.99. The second-order valence-corrected chi connectivity index (χ2v) is 7.20. The average Bonchev–Trinajstić information content (AvgIpc) is 2.60. The lowest BCUT2D eigenvalue weighted by Crippen LogP contribution is -2.47. The number of aromatic hydroxyl groups is 1. The van der Waals surface area contributed by atoms with Gasteiger partial charge in [0.2, 0.25) is 0 Å².